The van der Waals surface area contributed by atoms with Gasteiger partial charge >= 0.3 is 7.82 Å². The minimum Gasteiger partial charge on any atom is -0.496 e. The number of rotatable bonds is 6. The van der Waals surface area contributed by atoms with Crippen LogP contribution < -0.4 is 14.0 Å². The van der Waals surface area contributed by atoms with Crippen molar-refractivity contribution >= 4 is 19.4 Å². The zero-order chi connectivity index (χ0) is 20.5. The normalized spacial score (nSPS) is 11.4. The maximum atomic E-state index is 11.3. The average molecular weight is 421 g/mol. The Kier molecular flexibility index (Phi) is 5.76. The highest BCUT2D eigenvalue weighted by Crippen LogP contribution is 2.45. The topological polar surface area (TPSA) is 98.1 Å². The van der Waals surface area contributed by atoms with Crippen molar-refractivity contribution in [3.05, 3.63) is 47.7 Å². The summed E-state index contributed by atoms with van der Waals surface area (Å²) in [5.74, 6) is 0.974. The van der Waals surface area contributed by atoms with E-state index in [9.17, 15) is 4.57 Å². The summed E-state index contributed by atoms with van der Waals surface area (Å²) in [6.45, 7) is 4.02. The Morgan fingerprint density at radius 2 is 1.64 bits per heavy atom. The van der Waals surface area contributed by atoms with E-state index in [-0.39, 0.29) is 11.5 Å². The zero-order valence-corrected chi connectivity index (χ0v) is 17.5. The highest BCUT2D eigenvalue weighted by Gasteiger charge is 2.21. The molecule has 28 heavy (non-hydrogen) atoms. The summed E-state index contributed by atoms with van der Waals surface area (Å²) >= 11 is 1.33. The van der Waals surface area contributed by atoms with E-state index in [1.54, 1.807) is 25.4 Å². The largest absolute Gasteiger partial charge is 0.524 e. The molecular formula is C19H20NO6PS. The predicted octanol–water partition coefficient (Wildman–Crippen LogP) is 4.58. The maximum absolute atomic E-state index is 11.3. The lowest BCUT2D eigenvalue weighted by molar-refractivity contribution is 0.276. The molecule has 0 aliphatic heterocycles. The first-order chi connectivity index (χ1) is 13.2. The summed E-state index contributed by atoms with van der Waals surface area (Å²) in [5, 5.41) is 0. The predicted molar refractivity (Wildman–Crippen MR) is 108 cm³/mol. The smallest absolute Gasteiger partial charge is 0.496 e. The molecule has 3 rings (SSSR count). The van der Waals surface area contributed by atoms with Crippen molar-refractivity contribution in [1.82, 2.24) is 4.37 Å². The molecule has 1 heterocycles. The quantitative estimate of drug-likeness (QED) is 0.562. The van der Waals surface area contributed by atoms with Crippen LogP contribution in [0.3, 0.4) is 0 Å². The van der Waals surface area contributed by atoms with Crippen LogP contribution in [0.25, 0.3) is 21.6 Å². The number of hydrogen-bond acceptors (Lipinski definition) is 6. The Balaban J connectivity index is 2.11. The zero-order valence-electron chi connectivity index (χ0n) is 15.8. The highest BCUT2D eigenvalue weighted by atomic mass is 32.1. The second-order valence-electron chi connectivity index (χ2n) is 6.14. The molecule has 0 bridgehead atoms. The number of ether oxygens (including phenoxy) is 2. The van der Waals surface area contributed by atoms with Crippen LogP contribution in [0.15, 0.2) is 36.5 Å². The molecule has 0 amide bonds. The summed E-state index contributed by atoms with van der Waals surface area (Å²) in [6.07, 6.45) is 1.71. The molecule has 0 unspecified atom stereocenters. The van der Waals surface area contributed by atoms with Crippen molar-refractivity contribution in [3.8, 4) is 38.8 Å². The molecule has 7 nitrogen and oxygen atoms in total. The molecule has 2 N–H and O–H groups in total. The number of phosphoric acid groups is 1. The molecule has 1 aromatic heterocycles. The number of hydrogen-bond donors (Lipinski definition) is 2. The number of benzene rings is 2. The lowest BCUT2D eigenvalue weighted by Gasteiger charge is -2.14. The number of aromatic nitrogens is 1. The number of nitrogens with zero attached hydrogens (tertiary/aromatic N) is 1. The Morgan fingerprint density at radius 3 is 2.29 bits per heavy atom. The molecule has 148 valence electrons. The van der Waals surface area contributed by atoms with Gasteiger partial charge in [-0.15, -0.1) is 0 Å². The first-order valence-electron chi connectivity index (χ1n) is 8.27. The van der Waals surface area contributed by atoms with E-state index in [0.29, 0.717) is 5.56 Å². The lowest BCUT2D eigenvalue weighted by atomic mass is 9.99. The standard InChI is InChI=1S/C19H20NO6PS/c1-11-7-14(9-17(25-4)12(11)2)19-15(10-20-28-19)13-5-6-16(24-3)18(8-13)26-27(21,22)23/h5-10H,1-4H3,(H2,21,22,23). The monoisotopic (exact) mass is 421 g/mol. The minimum absolute atomic E-state index is 0.0387. The van der Waals surface area contributed by atoms with Gasteiger partial charge in [-0.05, 0) is 65.8 Å². The van der Waals surface area contributed by atoms with E-state index in [2.05, 4.69) is 10.4 Å². The molecule has 0 saturated heterocycles. The molecule has 0 aliphatic rings. The Morgan fingerprint density at radius 1 is 0.964 bits per heavy atom. The molecule has 3 aromatic rings. The van der Waals surface area contributed by atoms with Gasteiger partial charge in [-0.2, -0.15) is 4.37 Å². The SMILES string of the molecule is COc1ccc(-c2cnsc2-c2cc(C)c(C)c(OC)c2)cc1OP(=O)(O)O. The Hall–Kier alpha value is -2.38. The van der Waals surface area contributed by atoms with Gasteiger partial charge in [0.25, 0.3) is 0 Å². The van der Waals surface area contributed by atoms with Crippen molar-refractivity contribution in [1.29, 1.82) is 0 Å². The molecular weight excluding hydrogens is 401 g/mol. The number of aryl methyl sites for hydroxylation is 1. The van der Waals surface area contributed by atoms with Gasteiger partial charge in [-0.1, -0.05) is 12.1 Å². The van der Waals surface area contributed by atoms with Gasteiger partial charge < -0.3 is 14.0 Å². The van der Waals surface area contributed by atoms with Gasteiger partial charge in [-0.25, -0.2) is 4.57 Å². The van der Waals surface area contributed by atoms with Crippen LogP contribution >= 0.6 is 19.4 Å². The van der Waals surface area contributed by atoms with Gasteiger partial charge in [0, 0.05) is 11.8 Å². The van der Waals surface area contributed by atoms with Gasteiger partial charge in [0.05, 0.1) is 19.1 Å². The van der Waals surface area contributed by atoms with Crippen LogP contribution in [0.1, 0.15) is 11.1 Å². The molecule has 0 radical (unpaired) electrons. The third-order valence-corrected chi connectivity index (χ3v) is 5.65. The second kappa shape index (κ2) is 7.93. The van der Waals surface area contributed by atoms with E-state index in [0.717, 1.165) is 32.9 Å². The van der Waals surface area contributed by atoms with E-state index >= 15 is 0 Å². The fraction of sp³-hybridized carbons (Fsp3) is 0.211. The molecule has 9 heteroatoms. The van der Waals surface area contributed by atoms with Crippen molar-refractivity contribution in [2.45, 2.75) is 13.8 Å². The summed E-state index contributed by atoms with van der Waals surface area (Å²) in [7, 11) is -1.69. The fourth-order valence-electron chi connectivity index (χ4n) is 2.87. The number of methoxy groups -OCH3 is 2. The first-order valence-corrected chi connectivity index (χ1v) is 10.6. The van der Waals surface area contributed by atoms with Gasteiger partial charge in [0.15, 0.2) is 11.5 Å². The molecule has 0 saturated carbocycles. The molecule has 0 atom stereocenters. The molecule has 0 fully saturated rings. The van der Waals surface area contributed by atoms with Crippen molar-refractivity contribution in [2.24, 2.45) is 0 Å². The molecule has 0 aliphatic carbocycles. The van der Waals surface area contributed by atoms with Crippen LogP contribution in [0.4, 0.5) is 0 Å². The average Bonchev–Trinajstić information content (AvgIpc) is 3.12. The maximum Gasteiger partial charge on any atom is 0.524 e. The van der Waals surface area contributed by atoms with E-state index in [1.165, 1.54) is 24.7 Å². The lowest BCUT2D eigenvalue weighted by Crippen LogP contribution is -1.95. The Labute approximate surface area is 166 Å². The molecule has 0 spiro atoms. The molecule has 2 aromatic carbocycles. The van der Waals surface area contributed by atoms with Crippen LogP contribution in [0.2, 0.25) is 0 Å². The van der Waals surface area contributed by atoms with Crippen LogP contribution in [0.5, 0.6) is 17.2 Å². The summed E-state index contributed by atoms with van der Waals surface area (Å²) in [4.78, 5) is 19.2. The summed E-state index contributed by atoms with van der Waals surface area (Å²) in [5.41, 5.74) is 4.62. The highest BCUT2D eigenvalue weighted by molar-refractivity contribution is 7.46. The van der Waals surface area contributed by atoms with Crippen molar-refractivity contribution < 1.29 is 28.3 Å². The number of phosphoric ester groups is 1. The van der Waals surface area contributed by atoms with Gasteiger partial charge in [0.1, 0.15) is 5.75 Å². The first kappa shape index (κ1) is 20.4. The van der Waals surface area contributed by atoms with Crippen molar-refractivity contribution in [3.63, 3.8) is 0 Å². The van der Waals surface area contributed by atoms with Crippen LogP contribution in [-0.2, 0) is 4.57 Å². The second-order valence-corrected chi connectivity index (χ2v) is 8.10. The third-order valence-electron chi connectivity index (χ3n) is 4.36. The van der Waals surface area contributed by atoms with E-state index in [1.807, 2.05) is 19.9 Å². The van der Waals surface area contributed by atoms with E-state index < -0.39 is 7.82 Å². The van der Waals surface area contributed by atoms with Gasteiger partial charge in [0.2, 0.25) is 0 Å². The fourth-order valence-corrected chi connectivity index (χ4v) is 4.02. The summed E-state index contributed by atoms with van der Waals surface area (Å²) < 4.78 is 31.0. The minimum atomic E-state index is -4.73. The Bertz CT molecular complexity index is 1060. The van der Waals surface area contributed by atoms with Crippen molar-refractivity contribution in [2.75, 3.05) is 14.2 Å². The van der Waals surface area contributed by atoms with E-state index in [4.69, 9.17) is 23.8 Å². The van der Waals surface area contributed by atoms with Gasteiger partial charge in [-0.3, -0.25) is 9.79 Å². The summed E-state index contributed by atoms with van der Waals surface area (Å²) in [6, 6.07) is 8.93. The van der Waals surface area contributed by atoms with Crippen LogP contribution in [0, 0.1) is 13.8 Å². The third kappa shape index (κ3) is 4.20. The van der Waals surface area contributed by atoms with Crippen LogP contribution in [-0.4, -0.2) is 28.4 Å².